The second-order valence-electron chi connectivity index (χ2n) is 5.46. The summed E-state index contributed by atoms with van der Waals surface area (Å²) >= 11 is 3.50. The number of rotatable bonds is 2. The third kappa shape index (κ3) is 2.62. The second kappa shape index (κ2) is 5.13. The molecule has 1 heterocycles. The lowest BCUT2D eigenvalue weighted by Crippen LogP contribution is -2.62. The molecule has 0 spiro atoms. The van der Waals surface area contributed by atoms with Crippen LogP contribution in [0.1, 0.15) is 32.4 Å². The number of amides is 1. The van der Waals surface area contributed by atoms with E-state index < -0.39 is 5.54 Å². The summed E-state index contributed by atoms with van der Waals surface area (Å²) in [5.74, 6) is 0.0503. The Kier molecular flexibility index (Phi) is 3.87. The molecule has 0 aromatic heterocycles. The van der Waals surface area contributed by atoms with Gasteiger partial charge >= 0.3 is 0 Å². The molecule has 0 saturated carbocycles. The van der Waals surface area contributed by atoms with Crippen molar-refractivity contribution in [2.75, 3.05) is 18.0 Å². The van der Waals surface area contributed by atoms with Crippen molar-refractivity contribution in [1.82, 2.24) is 5.32 Å². The predicted molar refractivity (Wildman–Crippen MR) is 81.2 cm³/mol. The number of anilines is 1. The Labute approximate surface area is 122 Å². The Balaban J connectivity index is 2.50. The number of carbonyl (C=O) groups excluding carboxylic acids is 1. The molecule has 1 saturated heterocycles. The van der Waals surface area contributed by atoms with Gasteiger partial charge in [-0.05, 0) is 38.5 Å². The number of piperazine rings is 1. The highest BCUT2D eigenvalue weighted by Crippen LogP contribution is 2.34. The summed E-state index contributed by atoms with van der Waals surface area (Å²) in [6, 6.07) is 5.98. The van der Waals surface area contributed by atoms with E-state index in [1.54, 1.807) is 0 Å². The SMILES string of the molecule is CC(N)c1ccc(Br)cc1N1CCNC(=O)C1(C)C. The molecular weight excluding hydrogens is 306 g/mol. The lowest BCUT2D eigenvalue weighted by molar-refractivity contribution is -0.126. The van der Waals surface area contributed by atoms with Crippen LogP contribution in [0.4, 0.5) is 5.69 Å². The molecule has 1 aromatic carbocycles. The Morgan fingerprint density at radius 1 is 1.47 bits per heavy atom. The van der Waals surface area contributed by atoms with Crippen LogP contribution in [0.15, 0.2) is 22.7 Å². The van der Waals surface area contributed by atoms with Gasteiger partial charge in [0.05, 0.1) is 0 Å². The van der Waals surface area contributed by atoms with E-state index in [9.17, 15) is 4.79 Å². The number of nitrogens with two attached hydrogens (primary N) is 1. The summed E-state index contributed by atoms with van der Waals surface area (Å²) in [6.45, 7) is 7.28. The number of halogens is 1. The summed E-state index contributed by atoms with van der Waals surface area (Å²) in [7, 11) is 0. The predicted octanol–water partition coefficient (Wildman–Crippen LogP) is 2.18. The number of hydrogen-bond acceptors (Lipinski definition) is 3. The average molecular weight is 326 g/mol. The van der Waals surface area contributed by atoms with Gasteiger partial charge < -0.3 is 16.0 Å². The van der Waals surface area contributed by atoms with E-state index in [-0.39, 0.29) is 11.9 Å². The van der Waals surface area contributed by atoms with Crippen molar-refractivity contribution in [1.29, 1.82) is 0 Å². The topological polar surface area (TPSA) is 58.4 Å². The van der Waals surface area contributed by atoms with Gasteiger partial charge in [0.2, 0.25) is 5.91 Å². The molecule has 5 heteroatoms. The lowest BCUT2D eigenvalue weighted by atomic mass is 9.95. The van der Waals surface area contributed by atoms with Crippen molar-refractivity contribution in [2.24, 2.45) is 5.73 Å². The van der Waals surface area contributed by atoms with Gasteiger partial charge in [0.25, 0.3) is 0 Å². The maximum Gasteiger partial charge on any atom is 0.245 e. The van der Waals surface area contributed by atoms with Crippen LogP contribution in [0.2, 0.25) is 0 Å². The molecule has 0 aliphatic carbocycles. The Morgan fingerprint density at radius 2 is 2.16 bits per heavy atom. The molecule has 0 radical (unpaired) electrons. The maximum absolute atomic E-state index is 12.1. The van der Waals surface area contributed by atoms with Gasteiger partial charge in [-0.25, -0.2) is 0 Å². The normalized spacial score (nSPS) is 20.1. The summed E-state index contributed by atoms with van der Waals surface area (Å²) in [5.41, 5.74) is 7.58. The number of nitrogens with one attached hydrogen (secondary N) is 1. The first kappa shape index (κ1) is 14.3. The number of benzene rings is 1. The minimum atomic E-state index is -0.567. The van der Waals surface area contributed by atoms with Crippen LogP contribution in [0.3, 0.4) is 0 Å². The number of hydrogen-bond donors (Lipinski definition) is 2. The first-order valence-corrected chi connectivity index (χ1v) is 7.24. The monoisotopic (exact) mass is 325 g/mol. The first-order chi connectivity index (χ1) is 8.84. The molecule has 1 amide bonds. The quantitative estimate of drug-likeness (QED) is 0.876. The van der Waals surface area contributed by atoms with E-state index in [1.165, 1.54) is 0 Å². The molecule has 19 heavy (non-hydrogen) atoms. The Morgan fingerprint density at radius 3 is 2.79 bits per heavy atom. The molecule has 1 aliphatic rings. The summed E-state index contributed by atoms with van der Waals surface area (Å²) in [6.07, 6.45) is 0. The zero-order valence-corrected chi connectivity index (χ0v) is 13.1. The van der Waals surface area contributed by atoms with Gasteiger partial charge in [-0.2, -0.15) is 0 Å². The van der Waals surface area contributed by atoms with Crippen molar-refractivity contribution >= 4 is 27.5 Å². The van der Waals surface area contributed by atoms with Gasteiger partial charge in [0, 0.05) is 29.3 Å². The fourth-order valence-electron chi connectivity index (χ4n) is 2.46. The van der Waals surface area contributed by atoms with E-state index in [0.29, 0.717) is 6.54 Å². The van der Waals surface area contributed by atoms with E-state index in [0.717, 1.165) is 22.3 Å². The van der Waals surface area contributed by atoms with E-state index in [2.05, 4.69) is 26.1 Å². The molecule has 104 valence electrons. The van der Waals surface area contributed by atoms with Crippen LogP contribution in [0.5, 0.6) is 0 Å². The zero-order valence-electron chi connectivity index (χ0n) is 11.5. The van der Waals surface area contributed by atoms with Gasteiger partial charge in [0.1, 0.15) is 5.54 Å². The van der Waals surface area contributed by atoms with Crippen LogP contribution in [0, 0.1) is 0 Å². The largest absolute Gasteiger partial charge is 0.355 e. The van der Waals surface area contributed by atoms with Crippen molar-refractivity contribution in [2.45, 2.75) is 32.4 Å². The highest BCUT2D eigenvalue weighted by atomic mass is 79.9. The summed E-state index contributed by atoms with van der Waals surface area (Å²) in [5, 5.41) is 2.91. The minimum Gasteiger partial charge on any atom is -0.355 e. The number of carbonyl (C=O) groups is 1. The molecule has 2 rings (SSSR count). The third-order valence-electron chi connectivity index (χ3n) is 3.63. The molecule has 1 unspecified atom stereocenters. The van der Waals surface area contributed by atoms with E-state index in [4.69, 9.17) is 5.73 Å². The average Bonchev–Trinajstić information content (AvgIpc) is 2.32. The van der Waals surface area contributed by atoms with Crippen LogP contribution in [0.25, 0.3) is 0 Å². The van der Waals surface area contributed by atoms with Gasteiger partial charge in [-0.1, -0.05) is 22.0 Å². The fourth-order valence-corrected chi connectivity index (χ4v) is 2.81. The number of nitrogens with zero attached hydrogens (tertiary/aromatic N) is 1. The molecule has 1 fully saturated rings. The first-order valence-electron chi connectivity index (χ1n) is 6.45. The highest BCUT2D eigenvalue weighted by Gasteiger charge is 2.38. The highest BCUT2D eigenvalue weighted by molar-refractivity contribution is 9.10. The molecule has 3 N–H and O–H groups in total. The van der Waals surface area contributed by atoms with Crippen LogP contribution in [-0.2, 0) is 4.79 Å². The second-order valence-corrected chi connectivity index (χ2v) is 6.37. The summed E-state index contributed by atoms with van der Waals surface area (Å²) < 4.78 is 0.994. The van der Waals surface area contributed by atoms with Gasteiger partial charge in [0.15, 0.2) is 0 Å². The van der Waals surface area contributed by atoms with E-state index in [1.807, 2.05) is 39.0 Å². The maximum atomic E-state index is 12.1. The molecule has 1 atom stereocenters. The van der Waals surface area contributed by atoms with Crippen molar-refractivity contribution in [3.63, 3.8) is 0 Å². The van der Waals surface area contributed by atoms with Crippen LogP contribution < -0.4 is 16.0 Å². The fraction of sp³-hybridized carbons (Fsp3) is 0.500. The van der Waals surface area contributed by atoms with Gasteiger partial charge in [-0.3, -0.25) is 4.79 Å². The Hall–Kier alpha value is -1.07. The van der Waals surface area contributed by atoms with Crippen LogP contribution in [-0.4, -0.2) is 24.5 Å². The smallest absolute Gasteiger partial charge is 0.245 e. The van der Waals surface area contributed by atoms with Crippen molar-refractivity contribution in [3.8, 4) is 0 Å². The Bertz CT molecular complexity index is 499. The standard InChI is InChI=1S/C14H20BrN3O/c1-9(16)11-5-4-10(15)8-12(11)18-7-6-17-13(19)14(18,2)3/h4-5,8-9H,6-7,16H2,1-3H3,(H,17,19). The summed E-state index contributed by atoms with van der Waals surface area (Å²) in [4.78, 5) is 14.2. The van der Waals surface area contributed by atoms with E-state index >= 15 is 0 Å². The lowest BCUT2D eigenvalue weighted by Gasteiger charge is -2.44. The molecule has 4 nitrogen and oxygen atoms in total. The van der Waals surface area contributed by atoms with Crippen molar-refractivity contribution in [3.05, 3.63) is 28.2 Å². The van der Waals surface area contributed by atoms with Crippen molar-refractivity contribution < 1.29 is 4.79 Å². The molecule has 1 aliphatic heterocycles. The third-order valence-corrected chi connectivity index (χ3v) is 4.12. The zero-order chi connectivity index (χ0) is 14.2. The van der Waals surface area contributed by atoms with Gasteiger partial charge in [-0.15, -0.1) is 0 Å². The minimum absolute atomic E-state index is 0.0503. The van der Waals surface area contributed by atoms with Crippen LogP contribution >= 0.6 is 15.9 Å². The molecular formula is C14H20BrN3O. The molecule has 1 aromatic rings. The molecule has 0 bridgehead atoms.